The number of rotatable bonds is 2. The average molecular weight is 341 g/mol. The molecule has 3 aromatic rings. The summed E-state index contributed by atoms with van der Waals surface area (Å²) in [6.07, 6.45) is 3.54. The Labute approximate surface area is 144 Å². The normalized spacial score (nSPS) is 15.8. The number of urea groups is 1. The Morgan fingerprint density at radius 1 is 1.33 bits per heavy atom. The van der Waals surface area contributed by atoms with Gasteiger partial charge in [-0.15, -0.1) is 5.10 Å². The maximum Gasteiger partial charge on any atom is 0.322 e. The topological polar surface area (TPSA) is 73.9 Å². The molecule has 24 heavy (non-hydrogen) atoms. The predicted molar refractivity (Wildman–Crippen MR) is 95.5 cm³/mol. The number of hydrogen-bond acceptors (Lipinski definition) is 4. The predicted octanol–water partition coefficient (Wildman–Crippen LogP) is 3.74. The minimum Gasteiger partial charge on any atom is -0.358 e. The number of carbonyl (C=O) groups is 1. The van der Waals surface area contributed by atoms with Gasteiger partial charge in [0, 0.05) is 41.2 Å². The van der Waals surface area contributed by atoms with Crippen molar-refractivity contribution < 1.29 is 4.79 Å². The van der Waals surface area contributed by atoms with Crippen molar-refractivity contribution in [3.8, 4) is 0 Å². The second kappa shape index (κ2) is 6.24. The number of likely N-dealkylation sites (tertiary alicyclic amines) is 1. The number of anilines is 1. The second-order valence-electron chi connectivity index (χ2n) is 6.18. The monoisotopic (exact) mass is 341 g/mol. The van der Waals surface area contributed by atoms with E-state index < -0.39 is 0 Å². The molecule has 0 saturated carbocycles. The lowest BCUT2D eigenvalue weighted by molar-refractivity contribution is 0.195. The molecule has 0 atom stereocenters. The van der Waals surface area contributed by atoms with Gasteiger partial charge in [0.25, 0.3) is 0 Å². The first-order valence-corrected chi connectivity index (χ1v) is 8.90. The van der Waals surface area contributed by atoms with Crippen LogP contribution in [0, 0.1) is 6.92 Å². The standard InChI is InChI=1S/C17H19N5OS/c1-11-16(13-4-2-3-5-14(13)19-11)12-6-8-22(9-7-12)17(23)20-15-10-18-21-24-15/h2-5,10,12,19H,6-9H2,1H3,(H,20,23). The molecule has 124 valence electrons. The number of piperidine rings is 1. The van der Waals surface area contributed by atoms with Gasteiger partial charge in [0.1, 0.15) is 5.00 Å². The molecule has 0 unspecified atom stereocenters. The number of aryl methyl sites for hydroxylation is 1. The fourth-order valence-electron chi connectivity index (χ4n) is 3.60. The average Bonchev–Trinajstić information content (AvgIpc) is 3.21. The fourth-order valence-corrected chi connectivity index (χ4v) is 4.01. The first-order valence-electron chi connectivity index (χ1n) is 8.13. The number of amides is 2. The molecule has 1 aliphatic heterocycles. The molecule has 0 spiro atoms. The Morgan fingerprint density at radius 2 is 2.12 bits per heavy atom. The number of H-pyrrole nitrogens is 1. The van der Waals surface area contributed by atoms with E-state index in [-0.39, 0.29) is 6.03 Å². The highest BCUT2D eigenvalue weighted by atomic mass is 32.1. The number of aromatic nitrogens is 3. The van der Waals surface area contributed by atoms with E-state index in [4.69, 9.17) is 0 Å². The van der Waals surface area contributed by atoms with Gasteiger partial charge >= 0.3 is 6.03 Å². The third-order valence-electron chi connectivity index (χ3n) is 4.73. The highest BCUT2D eigenvalue weighted by Gasteiger charge is 2.26. The zero-order valence-electron chi connectivity index (χ0n) is 13.5. The zero-order valence-corrected chi connectivity index (χ0v) is 14.3. The number of benzene rings is 1. The Kier molecular flexibility index (Phi) is 3.93. The van der Waals surface area contributed by atoms with Crippen molar-refractivity contribution >= 4 is 33.5 Å². The van der Waals surface area contributed by atoms with Gasteiger partial charge in [0.05, 0.1) is 6.20 Å². The first kappa shape index (κ1) is 15.1. The van der Waals surface area contributed by atoms with Crippen LogP contribution >= 0.6 is 11.5 Å². The highest BCUT2D eigenvalue weighted by Crippen LogP contribution is 2.35. The van der Waals surface area contributed by atoms with E-state index >= 15 is 0 Å². The molecular formula is C17H19N5OS. The largest absolute Gasteiger partial charge is 0.358 e. The van der Waals surface area contributed by atoms with Crippen LogP contribution in [0.1, 0.15) is 30.0 Å². The van der Waals surface area contributed by atoms with E-state index in [1.165, 1.54) is 33.7 Å². The maximum absolute atomic E-state index is 12.3. The SMILES string of the molecule is Cc1[nH]c2ccccc2c1C1CCN(C(=O)Nc2cnns2)CC1. The van der Waals surface area contributed by atoms with Crippen LogP contribution in [-0.4, -0.2) is 38.6 Å². The Balaban J connectivity index is 1.46. The Hall–Kier alpha value is -2.41. The van der Waals surface area contributed by atoms with Gasteiger partial charge in [-0.25, -0.2) is 4.79 Å². The molecule has 2 aromatic heterocycles. The van der Waals surface area contributed by atoms with Crippen LogP contribution in [0.2, 0.25) is 0 Å². The van der Waals surface area contributed by atoms with Crippen LogP contribution in [0.4, 0.5) is 9.80 Å². The molecule has 2 N–H and O–H groups in total. The number of hydrogen-bond donors (Lipinski definition) is 2. The molecule has 0 radical (unpaired) electrons. The lowest BCUT2D eigenvalue weighted by atomic mass is 9.87. The van der Waals surface area contributed by atoms with E-state index in [2.05, 4.69) is 51.1 Å². The number of nitrogens with zero attached hydrogens (tertiary/aromatic N) is 3. The number of nitrogens with one attached hydrogen (secondary N) is 2. The molecule has 1 aliphatic rings. The second-order valence-corrected chi connectivity index (χ2v) is 6.97. The summed E-state index contributed by atoms with van der Waals surface area (Å²) < 4.78 is 3.76. The van der Waals surface area contributed by atoms with Crippen molar-refractivity contribution in [1.82, 2.24) is 19.5 Å². The fraction of sp³-hybridized carbons (Fsp3) is 0.353. The van der Waals surface area contributed by atoms with Crippen LogP contribution in [0.5, 0.6) is 0 Å². The van der Waals surface area contributed by atoms with Crippen molar-refractivity contribution in [2.75, 3.05) is 18.4 Å². The molecule has 1 aromatic carbocycles. The minimum atomic E-state index is -0.0600. The van der Waals surface area contributed by atoms with Crippen LogP contribution < -0.4 is 5.32 Å². The third kappa shape index (κ3) is 2.75. The van der Waals surface area contributed by atoms with Gasteiger partial charge in [-0.2, -0.15) is 0 Å². The van der Waals surface area contributed by atoms with Crippen molar-refractivity contribution in [2.45, 2.75) is 25.7 Å². The van der Waals surface area contributed by atoms with Crippen molar-refractivity contribution in [1.29, 1.82) is 0 Å². The van der Waals surface area contributed by atoms with Crippen LogP contribution in [0.3, 0.4) is 0 Å². The van der Waals surface area contributed by atoms with Crippen LogP contribution in [-0.2, 0) is 0 Å². The molecular weight excluding hydrogens is 322 g/mol. The lowest BCUT2D eigenvalue weighted by Crippen LogP contribution is -2.40. The summed E-state index contributed by atoms with van der Waals surface area (Å²) in [6.45, 7) is 3.68. The van der Waals surface area contributed by atoms with Gasteiger partial charge in [-0.1, -0.05) is 22.7 Å². The van der Waals surface area contributed by atoms with Gasteiger partial charge in [0.15, 0.2) is 0 Å². The van der Waals surface area contributed by atoms with Crippen molar-refractivity contribution in [3.05, 3.63) is 41.7 Å². The van der Waals surface area contributed by atoms with E-state index in [1.54, 1.807) is 6.20 Å². The molecule has 1 saturated heterocycles. The van der Waals surface area contributed by atoms with E-state index in [0.29, 0.717) is 10.9 Å². The summed E-state index contributed by atoms with van der Waals surface area (Å²) in [7, 11) is 0. The third-order valence-corrected chi connectivity index (χ3v) is 5.31. The van der Waals surface area contributed by atoms with Crippen molar-refractivity contribution in [2.24, 2.45) is 0 Å². The number of para-hydroxylation sites is 1. The zero-order chi connectivity index (χ0) is 16.5. The molecule has 2 amide bonds. The van der Waals surface area contributed by atoms with Gasteiger partial charge in [-0.05, 0) is 37.3 Å². The summed E-state index contributed by atoms with van der Waals surface area (Å²) in [6, 6.07) is 8.39. The summed E-state index contributed by atoms with van der Waals surface area (Å²) in [4.78, 5) is 17.7. The molecule has 6 nitrogen and oxygen atoms in total. The maximum atomic E-state index is 12.3. The summed E-state index contributed by atoms with van der Waals surface area (Å²) >= 11 is 1.19. The van der Waals surface area contributed by atoms with Gasteiger partial charge in [-0.3, -0.25) is 5.32 Å². The van der Waals surface area contributed by atoms with Crippen LogP contribution in [0.25, 0.3) is 10.9 Å². The Bertz CT molecular complexity index is 849. The summed E-state index contributed by atoms with van der Waals surface area (Å²) in [5.41, 5.74) is 3.86. The number of fused-ring (bicyclic) bond motifs is 1. The molecule has 0 bridgehead atoms. The smallest absolute Gasteiger partial charge is 0.322 e. The van der Waals surface area contributed by atoms with E-state index in [0.717, 1.165) is 25.9 Å². The van der Waals surface area contributed by atoms with Crippen LogP contribution in [0.15, 0.2) is 30.5 Å². The van der Waals surface area contributed by atoms with E-state index in [9.17, 15) is 4.79 Å². The van der Waals surface area contributed by atoms with Crippen molar-refractivity contribution in [3.63, 3.8) is 0 Å². The molecule has 4 rings (SSSR count). The number of aromatic amines is 1. The highest BCUT2D eigenvalue weighted by molar-refractivity contribution is 7.10. The van der Waals surface area contributed by atoms with Gasteiger partial charge < -0.3 is 9.88 Å². The summed E-state index contributed by atoms with van der Waals surface area (Å²) in [5, 5.41) is 8.60. The number of carbonyl (C=O) groups excluding carboxylic acids is 1. The van der Waals surface area contributed by atoms with E-state index in [1.807, 2.05) is 4.90 Å². The first-order chi connectivity index (χ1) is 11.7. The quantitative estimate of drug-likeness (QED) is 0.746. The molecule has 3 heterocycles. The Morgan fingerprint density at radius 3 is 2.88 bits per heavy atom. The summed E-state index contributed by atoms with van der Waals surface area (Å²) in [5.74, 6) is 0.496. The molecule has 7 heteroatoms. The minimum absolute atomic E-state index is 0.0600. The molecule has 0 aliphatic carbocycles. The van der Waals surface area contributed by atoms with Gasteiger partial charge in [0.2, 0.25) is 0 Å². The lowest BCUT2D eigenvalue weighted by Gasteiger charge is -2.32. The molecule has 1 fully saturated rings.